The Hall–Kier alpha value is -2.44. The molecule has 0 aliphatic carbocycles. The summed E-state index contributed by atoms with van der Waals surface area (Å²) >= 11 is 3.54. The quantitative estimate of drug-likeness (QED) is 0.303. The van der Waals surface area contributed by atoms with Gasteiger partial charge in [-0.25, -0.2) is 4.98 Å². The number of benzene rings is 1. The topological polar surface area (TPSA) is 42.2 Å². The number of nitrogens with one attached hydrogen (secondary N) is 1. The number of imidazole rings is 1. The lowest BCUT2D eigenvalue weighted by Gasteiger charge is -2.20. The highest BCUT2D eigenvalue weighted by Gasteiger charge is 2.19. The summed E-state index contributed by atoms with van der Waals surface area (Å²) in [6.45, 7) is 9.44. The van der Waals surface area contributed by atoms with Gasteiger partial charge in [0.25, 0.3) is 0 Å². The highest BCUT2D eigenvalue weighted by atomic mass is 32.1. The summed E-state index contributed by atoms with van der Waals surface area (Å²) in [6, 6.07) is 11.3. The molecule has 156 valence electrons. The Labute approximate surface area is 186 Å². The van der Waals surface area contributed by atoms with Crippen LogP contribution in [-0.4, -0.2) is 21.8 Å². The van der Waals surface area contributed by atoms with Crippen LogP contribution in [0.25, 0.3) is 10.1 Å². The molecule has 0 saturated carbocycles. The van der Waals surface area contributed by atoms with Crippen molar-refractivity contribution in [3.8, 4) is 0 Å². The molecule has 1 atom stereocenters. The Bertz CT molecular complexity index is 1140. The van der Waals surface area contributed by atoms with Crippen molar-refractivity contribution in [1.82, 2.24) is 9.55 Å². The van der Waals surface area contributed by atoms with Crippen molar-refractivity contribution in [3.63, 3.8) is 0 Å². The van der Waals surface area contributed by atoms with Gasteiger partial charge in [-0.1, -0.05) is 18.2 Å². The fourth-order valence-corrected chi connectivity index (χ4v) is 5.40. The van der Waals surface area contributed by atoms with Gasteiger partial charge in [-0.05, 0) is 78.9 Å². The average Bonchev–Trinajstić information content (AvgIpc) is 3.47. The van der Waals surface area contributed by atoms with Gasteiger partial charge in [-0.2, -0.15) is 11.3 Å². The van der Waals surface area contributed by atoms with Crippen molar-refractivity contribution in [2.45, 2.75) is 46.2 Å². The molecule has 1 N–H and O–H groups in total. The average molecular weight is 437 g/mol. The smallest absolute Gasteiger partial charge is 0.136 e. The minimum absolute atomic E-state index is 0.174. The van der Waals surface area contributed by atoms with Crippen molar-refractivity contribution in [1.29, 1.82) is 0 Å². The Balaban J connectivity index is 1.59. The van der Waals surface area contributed by atoms with Gasteiger partial charge in [0.2, 0.25) is 0 Å². The number of rotatable bonds is 8. The Morgan fingerprint density at radius 2 is 2.00 bits per heavy atom. The second kappa shape index (κ2) is 9.14. The first kappa shape index (κ1) is 20.8. The monoisotopic (exact) mass is 436 g/mol. The molecule has 0 fully saturated rings. The van der Waals surface area contributed by atoms with Gasteiger partial charge in [-0.3, -0.25) is 4.99 Å². The molecule has 1 unspecified atom stereocenters. The number of hydrogen-bond acceptors (Lipinski definition) is 5. The maximum atomic E-state index is 4.83. The van der Waals surface area contributed by atoms with Crippen LogP contribution in [0.2, 0.25) is 0 Å². The summed E-state index contributed by atoms with van der Waals surface area (Å²) < 4.78 is 3.53. The van der Waals surface area contributed by atoms with E-state index in [9.17, 15) is 0 Å². The van der Waals surface area contributed by atoms with Crippen LogP contribution in [0.1, 0.15) is 56.6 Å². The second-order valence-corrected chi connectivity index (χ2v) is 9.54. The zero-order valence-electron chi connectivity index (χ0n) is 17.9. The molecule has 4 aromatic rings. The Morgan fingerprint density at radius 1 is 1.17 bits per heavy atom. The molecule has 3 heterocycles. The van der Waals surface area contributed by atoms with E-state index in [-0.39, 0.29) is 6.04 Å². The van der Waals surface area contributed by atoms with Crippen molar-refractivity contribution in [2.75, 3.05) is 11.9 Å². The maximum absolute atomic E-state index is 4.83. The van der Waals surface area contributed by atoms with E-state index in [0.717, 1.165) is 30.2 Å². The molecule has 0 saturated heterocycles. The molecule has 0 aliphatic rings. The normalized spacial score (nSPS) is 13.3. The van der Waals surface area contributed by atoms with E-state index in [4.69, 9.17) is 9.98 Å². The Morgan fingerprint density at radius 3 is 2.77 bits per heavy atom. The molecule has 0 spiro atoms. The summed E-state index contributed by atoms with van der Waals surface area (Å²) in [5.74, 6) is 1.05. The number of anilines is 1. The summed E-state index contributed by atoms with van der Waals surface area (Å²) in [7, 11) is 0. The van der Waals surface area contributed by atoms with Gasteiger partial charge in [0.1, 0.15) is 11.5 Å². The molecular weight excluding hydrogens is 408 g/mol. The van der Waals surface area contributed by atoms with Gasteiger partial charge in [0.15, 0.2) is 0 Å². The first-order chi connectivity index (χ1) is 14.5. The number of hydrogen-bond donors (Lipinski definition) is 1. The number of thiophene rings is 2. The molecule has 3 aromatic heterocycles. The predicted molar refractivity (Wildman–Crippen MR) is 132 cm³/mol. The number of aromatic nitrogens is 2. The van der Waals surface area contributed by atoms with Crippen LogP contribution < -0.4 is 5.32 Å². The van der Waals surface area contributed by atoms with Gasteiger partial charge in [-0.15, -0.1) is 11.3 Å². The minimum atomic E-state index is 0.174. The van der Waals surface area contributed by atoms with Crippen LogP contribution in [0, 0.1) is 0 Å². The molecule has 0 radical (unpaired) electrons. The molecule has 0 bridgehead atoms. The van der Waals surface area contributed by atoms with Gasteiger partial charge in [0, 0.05) is 17.3 Å². The lowest BCUT2D eigenvalue weighted by Crippen LogP contribution is -2.14. The van der Waals surface area contributed by atoms with Gasteiger partial charge >= 0.3 is 0 Å². The number of aliphatic imine (C=N–C) groups is 1. The molecule has 1 aromatic carbocycles. The molecule has 4 rings (SSSR count). The molecular formula is C24H28N4S2. The van der Waals surface area contributed by atoms with Crippen LogP contribution in [0.4, 0.5) is 5.82 Å². The van der Waals surface area contributed by atoms with E-state index in [1.165, 1.54) is 21.2 Å². The van der Waals surface area contributed by atoms with E-state index < -0.39 is 0 Å². The predicted octanol–water partition coefficient (Wildman–Crippen LogP) is 6.97. The van der Waals surface area contributed by atoms with Crippen LogP contribution in [0.3, 0.4) is 0 Å². The largest absolute Gasteiger partial charge is 0.363 e. The van der Waals surface area contributed by atoms with E-state index in [2.05, 4.69) is 84.1 Å². The molecule has 6 heteroatoms. The molecule has 0 aliphatic heterocycles. The van der Waals surface area contributed by atoms with Crippen molar-refractivity contribution in [3.05, 3.63) is 69.6 Å². The minimum Gasteiger partial charge on any atom is -0.363 e. The molecule has 4 nitrogen and oxygen atoms in total. The third-order valence-corrected chi connectivity index (χ3v) is 7.07. The van der Waals surface area contributed by atoms with Crippen LogP contribution in [0.15, 0.2) is 57.8 Å². The highest BCUT2D eigenvalue weighted by molar-refractivity contribution is 7.17. The highest BCUT2D eigenvalue weighted by Crippen LogP contribution is 2.33. The fraction of sp³-hybridized carbons (Fsp3) is 0.333. The van der Waals surface area contributed by atoms with Crippen molar-refractivity contribution >= 4 is 44.3 Å². The zero-order valence-corrected chi connectivity index (χ0v) is 19.6. The van der Waals surface area contributed by atoms with E-state index in [0.29, 0.717) is 6.04 Å². The third kappa shape index (κ3) is 4.35. The Kier molecular flexibility index (Phi) is 6.35. The van der Waals surface area contributed by atoms with Gasteiger partial charge in [0.05, 0.1) is 18.1 Å². The summed E-state index contributed by atoms with van der Waals surface area (Å²) in [4.78, 5) is 9.55. The third-order valence-electron chi connectivity index (χ3n) is 5.35. The van der Waals surface area contributed by atoms with E-state index in [1.54, 1.807) is 22.7 Å². The summed E-state index contributed by atoms with van der Waals surface area (Å²) in [6.07, 6.45) is 2.89. The van der Waals surface area contributed by atoms with E-state index >= 15 is 0 Å². The lowest BCUT2D eigenvalue weighted by atomic mass is 10.1. The molecule has 30 heavy (non-hydrogen) atoms. The summed E-state index contributed by atoms with van der Waals surface area (Å²) in [5, 5.41) is 11.6. The molecule has 0 amide bonds. The second-order valence-electron chi connectivity index (χ2n) is 7.84. The first-order valence-corrected chi connectivity index (χ1v) is 12.2. The SMILES string of the molecule is CC(=NCCc1ccsc1)c1ncn(C(C)C)c1NC(C)c1csc2ccccc12. The van der Waals surface area contributed by atoms with Crippen LogP contribution in [-0.2, 0) is 6.42 Å². The maximum Gasteiger partial charge on any atom is 0.136 e. The van der Waals surface area contributed by atoms with Gasteiger partial charge < -0.3 is 9.88 Å². The fourth-order valence-electron chi connectivity index (χ4n) is 3.64. The standard InChI is InChI=1S/C24H28N4S2/c1-16(2)28-15-26-23(18(4)25-11-9-19-10-12-29-13-19)24(28)27-17(3)21-14-30-22-8-6-5-7-20(21)22/h5-8,10,12-17,27H,9,11H2,1-4H3. The van der Waals surface area contributed by atoms with E-state index in [1.807, 2.05) is 6.33 Å². The first-order valence-electron chi connectivity index (χ1n) is 10.4. The van der Waals surface area contributed by atoms with Crippen molar-refractivity contribution in [2.24, 2.45) is 4.99 Å². The van der Waals surface area contributed by atoms with Crippen LogP contribution in [0.5, 0.6) is 0 Å². The number of fused-ring (bicyclic) bond motifs is 1. The summed E-state index contributed by atoms with van der Waals surface area (Å²) in [5.41, 5.74) is 4.60. The van der Waals surface area contributed by atoms with Crippen LogP contribution >= 0.6 is 22.7 Å². The lowest BCUT2D eigenvalue weighted by molar-refractivity contribution is 0.600. The number of nitrogens with zero attached hydrogens (tertiary/aromatic N) is 3. The zero-order chi connectivity index (χ0) is 21.1. The van der Waals surface area contributed by atoms with Crippen molar-refractivity contribution < 1.29 is 0 Å².